The lowest BCUT2D eigenvalue weighted by molar-refractivity contribution is 0.171. The van der Waals surface area contributed by atoms with E-state index in [0.29, 0.717) is 43.0 Å². The van der Waals surface area contributed by atoms with Gasteiger partial charge in [-0.15, -0.1) is 10.2 Å². The highest BCUT2D eigenvalue weighted by atomic mass is 16.5. The van der Waals surface area contributed by atoms with E-state index in [4.69, 9.17) is 15.3 Å². The number of nitrogens with one attached hydrogen (secondary N) is 4. The SMILES string of the molecule is CC(C)(C)C(=N)/C=C(/NC(=O)NC1CC[C@@H](Oc2ccc3nnc(N4CCCCC4)n3c2)c2ccccc21)Nc1cnn(CCCO)c1. The minimum atomic E-state index is -0.415. The van der Waals surface area contributed by atoms with Crippen molar-refractivity contribution in [2.45, 2.75) is 78.0 Å². The van der Waals surface area contributed by atoms with Gasteiger partial charge in [-0.25, -0.2) is 4.79 Å². The number of anilines is 2. The minimum absolute atomic E-state index is 0.0775. The highest BCUT2D eigenvalue weighted by molar-refractivity contribution is 5.97. The van der Waals surface area contributed by atoms with Crippen molar-refractivity contribution in [3.05, 3.63) is 78.0 Å². The second-order valence-corrected chi connectivity index (χ2v) is 13.5. The summed E-state index contributed by atoms with van der Waals surface area (Å²) in [5, 5.41) is 40.2. The van der Waals surface area contributed by atoms with Gasteiger partial charge in [-0.05, 0) is 61.8 Å². The quantitative estimate of drug-likeness (QED) is 0.131. The van der Waals surface area contributed by atoms with Crippen molar-refractivity contribution in [2.24, 2.45) is 5.41 Å². The van der Waals surface area contributed by atoms with Crippen LogP contribution in [0.25, 0.3) is 5.65 Å². The molecule has 0 saturated carbocycles. The number of rotatable bonds is 11. The number of nitrogens with zero attached hydrogens (tertiary/aromatic N) is 6. The van der Waals surface area contributed by atoms with E-state index in [2.05, 4.69) is 42.2 Å². The Balaban J connectivity index is 1.15. The molecule has 254 valence electrons. The molecule has 1 unspecified atom stereocenters. The maximum absolute atomic E-state index is 13.5. The number of hydrogen-bond donors (Lipinski definition) is 5. The summed E-state index contributed by atoms with van der Waals surface area (Å²) < 4.78 is 10.3. The Labute approximate surface area is 280 Å². The van der Waals surface area contributed by atoms with Crippen LogP contribution in [0.15, 0.2) is 66.9 Å². The van der Waals surface area contributed by atoms with Crippen LogP contribution in [-0.2, 0) is 6.54 Å². The van der Waals surface area contributed by atoms with Gasteiger partial charge in [0.1, 0.15) is 17.7 Å². The smallest absolute Gasteiger partial charge is 0.320 e. The van der Waals surface area contributed by atoms with Crippen molar-refractivity contribution < 1.29 is 14.6 Å². The molecule has 13 nitrogen and oxygen atoms in total. The van der Waals surface area contributed by atoms with E-state index in [1.54, 1.807) is 23.2 Å². The van der Waals surface area contributed by atoms with Crippen molar-refractivity contribution in [1.29, 1.82) is 5.41 Å². The van der Waals surface area contributed by atoms with Crippen molar-refractivity contribution >= 4 is 29.0 Å². The Kier molecular flexibility index (Phi) is 9.95. The number of allylic oxidation sites excluding steroid dienone is 1. The average Bonchev–Trinajstić information content (AvgIpc) is 3.71. The van der Waals surface area contributed by atoms with E-state index in [0.717, 1.165) is 54.4 Å². The number of carbonyl (C=O) groups is 1. The lowest BCUT2D eigenvalue weighted by Crippen LogP contribution is -2.41. The molecule has 1 aromatic carbocycles. The second-order valence-electron chi connectivity index (χ2n) is 13.5. The first-order chi connectivity index (χ1) is 23.2. The summed E-state index contributed by atoms with van der Waals surface area (Å²) in [5.74, 6) is 1.96. The van der Waals surface area contributed by atoms with Gasteiger partial charge in [0.05, 0.1) is 24.1 Å². The fraction of sp³-hybridized carbons (Fsp3) is 0.457. The molecule has 2 atom stereocenters. The number of aliphatic hydroxyl groups is 1. The molecule has 0 spiro atoms. The minimum Gasteiger partial charge on any atom is -0.484 e. The number of amides is 2. The Morgan fingerprint density at radius 1 is 1.06 bits per heavy atom. The van der Waals surface area contributed by atoms with E-state index in [-0.39, 0.29) is 24.8 Å². The van der Waals surface area contributed by atoms with Crippen LogP contribution in [0.5, 0.6) is 5.75 Å². The van der Waals surface area contributed by atoms with Crippen molar-refractivity contribution in [2.75, 3.05) is 29.9 Å². The molecule has 3 aromatic heterocycles. The fourth-order valence-electron chi connectivity index (χ4n) is 6.15. The summed E-state index contributed by atoms with van der Waals surface area (Å²) in [4.78, 5) is 15.8. The van der Waals surface area contributed by atoms with Gasteiger partial charge in [-0.2, -0.15) is 5.10 Å². The molecule has 1 fully saturated rings. The number of hydrogen-bond acceptors (Lipinski definition) is 9. The van der Waals surface area contributed by atoms with Crippen LogP contribution in [0.1, 0.15) is 82.6 Å². The fourth-order valence-corrected chi connectivity index (χ4v) is 6.15. The van der Waals surface area contributed by atoms with Crippen molar-refractivity contribution in [3.8, 4) is 5.75 Å². The zero-order chi connectivity index (χ0) is 33.7. The van der Waals surface area contributed by atoms with Gasteiger partial charge in [-0.1, -0.05) is 45.0 Å². The van der Waals surface area contributed by atoms with Gasteiger partial charge in [0, 0.05) is 49.6 Å². The maximum atomic E-state index is 13.5. The molecule has 0 radical (unpaired) electrons. The van der Waals surface area contributed by atoms with Gasteiger partial charge in [0.2, 0.25) is 5.95 Å². The number of benzene rings is 1. The van der Waals surface area contributed by atoms with E-state index in [1.807, 2.05) is 61.7 Å². The van der Waals surface area contributed by atoms with Gasteiger partial charge >= 0.3 is 6.03 Å². The predicted octanol–water partition coefficient (Wildman–Crippen LogP) is 5.57. The van der Waals surface area contributed by atoms with Gasteiger partial charge in [0.25, 0.3) is 0 Å². The molecule has 0 bridgehead atoms. The predicted molar refractivity (Wildman–Crippen MR) is 185 cm³/mol. The first-order valence-electron chi connectivity index (χ1n) is 16.8. The summed E-state index contributed by atoms with van der Waals surface area (Å²) in [5.41, 5.74) is 3.44. The molecule has 5 N–H and O–H groups in total. The zero-order valence-corrected chi connectivity index (χ0v) is 27.9. The number of piperidine rings is 1. The molecule has 48 heavy (non-hydrogen) atoms. The molecule has 1 aliphatic heterocycles. The topological polar surface area (TPSA) is 158 Å². The highest BCUT2D eigenvalue weighted by Crippen LogP contribution is 2.39. The summed E-state index contributed by atoms with van der Waals surface area (Å²) in [6.45, 7) is 8.46. The van der Waals surface area contributed by atoms with E-state index in [9.17, 15) is 4.79 Å². The molecule has 4 aromatic rings. The zero-order valence-electron chi connectivity index (χ0n) is 27.9. The Bertz CT molecular complexity index is 1770. The van der Waals surface area contributed by atoms with Crippen LogP contribution < -0.4 is 25.6 Å². The standard InChI is InChI=1S/C35H46N10O3/c1-35(2,3)30(36)20-31(38-24-21-37-44(22-24)18-9-19-46)40-33(47)39-28-13-14-29(27-11-6-5-10-26(27)28)48-25-12-15-32-41-42-34(45(32)23-25)43-16-7-4-8-17-43/h5-6,10-12,15,20-23,28-29,36,38,46H,4,7-9,13-14,16-19H2,1-3H3,(H2,39,40,47)/b31-20+,36-30?/t28?,29-/m1/s1. The van der Waals surface area contributed by atoms with E-state index >= 15 is 0 Å². The molecule has 4 heterocycles. The summed E-state index contributed by atoms with van der Waals surface area (Å²) in [6.07, 6.45) is 12.4. The van der Waals surface area contributed by atoms with Crippen LogP contribution in [0, 0.1) is 10.8 Å². The lowest BCUT2D eigenvalue weighted by atomic mass is 9.85. The van der Waals surface area contributed by atoms with E-state index < -0.39 is 5.41 Å². The summed E-state index contributed by atoms with van der Waals surface area (Å²) in [6, 6.07) is 11.4. The third-order valence-electron chi connectivity index (χ3n) is 8.82. The first kappa shape index (κ1) is 33.0. The monoisotopic (exact) mass is 654 g/mol. The van der Waals surface area contributed by atoms with Crippen LogP contribution in [0.2, 0.25) is 0 Å². The van der Waals surface area contributed by atoms with Crippen LogP contribution >= 0.6 is 0 Å². The van der Waals surface area contributed by atoms with Gasteiger partial charge in [-0.3, -0.25) is 14.4 Å². The molecule has 1 saturated heterocycles. The van der Waals surface area contributed by atoms with Crippen LogP contribution in [-0.4, -0.2) is 60.9 Å². The third-order valence-corrected chi connectivity index (χ3v) is 8.82. The molecule has 13 heteroatoms. The number of pyridine rings is 1. The molecule has 6 rings (SSSR count). The Morgan fingerprint density at radius 3 is 2.62 bits per heavy atom. The maximum Gasteiger partial charge on any atom is 0.320 e. The number of ether oxygens (including phenoxy) is 1. The Morgan fingerprint density at radius 2 is 1.85 bits per heavy atom. The highest BCUT2D eigenvalue weighted by Gasteiger charge is 2.30. The molecule has 1 aliphatic carbocycles. The first-order valence-corrected chi connectivity index (χ1v) is 16.8. The van der Waals surface area contributed by atoms with Crippen molar-refractivity contribution in [1.82, 2.24) is 35.0 Å². The second kappa shape index (κ2) is 14.5. The molecule has 2 amide bonds. The lowest BCUT2D eigenvalue weighted by Gasteiger charge is -2.32. The number of aliphatic hydroxyl groups excluding tert-OH is 1. The number of carbonyl (C=O) groups excluding carboxylic acids is 1. The number of urea groups is 1. The summed E-state index contributed by atoms with van der Waals surface area (Å²) >= 11 is 0. The van der Waals surface area contributed by atoms with E-state index in [1.165, 1.54) is 6.42 Å². The normalized spacial score (nSPS) is 18.3. The number of aryl methyl sites for hydroxylation is 1. The van der Waals surface area contributed by atoms with Gasteiger partial charge < -0.3 is 30.8 Å². The number of fused-ring (bicyclic) bond motifs is 2. The van der Waals surface area contributed by atoms with Crippen molar-refractivity contribution in [3.63, 3.8) is 0 Å². The average molecular weight is 655 g/mol. The molecule has 2 aliphatic rings. The summed E-state index contributed by atoms with van der Waals surface area (Å²) in [7, 11) is 0. The molecular formula is C35H46N10O3. The number of aromatic nitrogens is 5. The Hall–Kier alpha value is -4.91. The van der Waals surface area contributed by atoms with Crippen LogP contribution in [0.4, 0.5) is 16.4 Å². The molecular weight excluding hydrogens is 608 g/mol. The third kappa shape index (κ3) is 7.79. The van der Waals surface area contributed by atoms with Crippen LogP contribution in [0.3, 0.4) is 0 Å². The largest absolute Gasteiger partial charge is 0.484 e. The van der Waals surface area contributed by atoms with Gasteiger partial charge in [0.15, 0.2) is 5.65 Å².